The van der Waals surface area contributed by atoms with Gasteiger partial charge in [-0.15, -0.1) is 0 Å². The minimum absolute atomic E-state index is 0.177. The molecule has 3 rings (SSSR count). The van der Waals surface area contributed by atoms with E-state index in [-0.39, 0.29) is 5.91 Å². The number of ether oxygens (including phenoxy) is 1. The maximum Gasteiger partial charge on any atom is 0.219 e. The molecule has 1 aliphatic heterocycles. The van der Waals surface area contributed by atoms with Crippen molar-refractivity contribution in [3.63, 3.8) is 0 Å². The number of H-pyrrole nitrogens is 1. The van der Waals surface area contributed by atoms with Crippen LogP contribution in [0, 0.1) is 5.92 Å². The highest BCUT2D eigenvalue weighted by atomic mass is 16.5. The zero-order chi connectivity index (χ0) is 15.4. The lowest BCUT2D eigenvalue weighted by Crippen LogP contribution is -2.48. The number of nitrogens with one attached hydrogen (secondary N) is 1. The van der Waals surface area contributed by atoms with Crippen LogP contribution in [0.15, 0.2) is 30.6 Å². The predicted molar refractivity (Wildman–Crippen MR) is 82.3 cm³/mol. The first-order chi connectivity index (χ1) is 10.7. The van der Waals surface area contributed by atoms with Crippen molar-refractivity contribution in [3.8, 4) is 17.1 Å². The molecule has 0 spiro atoms. The first kappa shape index (κ1) is 14.6. The Morgan fingerprint density at radius 1 is 1.41 bits per heavy atom. The summed E-state index contributed by atoms with van der Waals surface area (Å²) in [6, 6.07) is 5.72. The lowest BCUT2D eigenvalue weighted by atomic mass is 9.95. The summed E-state index contributed by atoms with van der Waals surface area (Å²) >= 11 is 0. The summed E-state index contributed by atoms with van der Waals surface area (Å²) < 4.78 is 5.70. The van der Waals surface area contributed by atoms with E-state index >= 15 is 0 Å². The van der Waals surface area contributed by atoms with Gasteiger partial charge in [0.05, 0.1) is 24.2 Å². The lowest BCUT2D eigenvalue weighted by molar-refractivity contribution is -0.135. The van der Waals surface area contributed by atoms with Crippen LogP contribution in [0.4, 0.5) is 0 Å². The highest BCUT2D eigenvalue weighted by molar-refractivity contribution is 5.74. The van der Waals surface area contributed by atoms with E-state index in [1.807, 2.05) is 23.1 Å². The first-order valence-electron chi connectivity index (χ1n) is 7.56. The summed E-state index contributed by atoms with van der Waals surface area (Å²) in [5.74, 6) is 1.59. The van der Waals surface area contributed by atoms with Gasteiger partial charge < -0.3 is 9.64 Å². The monoisotopic (exact) mass is 300 g/mol. The van der Waals surface area contributed by atoms with Gasteiger partial charge in [0.25, 0.3) is 0 Å². The molecule has 1 amide bonds. The number of hydrogen-bond donors (Lipinski definition) is 1. The molecule has 0 atom stereocenters. The van der Waals surface area contributed by atoms with Crippen molar-refractivity contribution >= 4 is 5.91 Å². The maximum atomic E-state index is 11.1. The third-order valence-corrected chi connectivity index (χ3v) is 3.94. The normalized spacial score (nSPS) is 14.7. The molecule has 1 fully saturated rings. The van der Waals surface area contributed by atoms with Crippen molar-refractivity contribution in [1.29, 1.82) is 0 Å². The Bertz CT molecular complexity index is 604. The fourth-order valence-corrected chi connectivity index (χ4v) is 2.60. The van der Waals surface area contributed by atoms with Crippen molar-refractivity contribution in [3.05, 3.63) is 30.6 Å². The summed E-state index contributed by atoms with van der Waals surface area (Å²) in [6.45, 7) is 4.10. The number of amides is 1. The minimum Gasteiger partial charge on any atom is -0.492 e. The molecule has 2 aromatic rings. The standard InChI is InChI=1S/C16H20N4O2/c1-12(21)20-10-13(11-20)3-2-8-22-14-4-5-15(17-9-14)16-6-7-18-19-16/h4-7,9,13H,2-3,8,10-11H2,1H3,(H,18,19). The molecule has 116 valence electrons. The smallest absolute Gasteiger partial charge is 0.219 e. The molecular weight excluding hydrogens is 280 g/mol. The van der Waals surface area contributed by atoms with Gasteiger partial charge in [0.1, 0.15) is 5.75 Å². The van der Waals surface area contributed by atoms with E-state index in [0.717, 1.165) is 43.1 Å². The van der Waals surface area contributed by atoms with Crippen molar-refractivity contribution in [2.75, 3.05) is 19.7 Å². The van der Waals surface area contributed by atoms with Crippen molar-refractivity contribution in [2.24, 2.45) is 5.92 Å². The number of carbonyl (C=O) groups is 1. The molecule has 0 unspecified atom stereocenters. The highest BCUT2D eigenvalue weighted by Crippen LogP contribution is 2.21. The number of aromatic amines is 1. The fraction of sp³-hybridized carbons (Fsp3) is 0.438. The van der Waals surface area contributed by atoms with Crippen molar-refractivity contribution in [2.45, 2.75) is 19.8 Å². The van der Waals surface area contributed by atoms with Crippen LogP contribution in [0.1, 0.15) is 19.8 Å². The van der Waals surface area contributed by atoms with Crippen LogP contribution in [0.5, 0.6) is 5.75 Å². The number of aromatic nitrogens is 3. The predicted octanol–water partition coefficient (Wildman–Crippen LogP) is 2.11. The number of carbonyl (C=O) groups excluding carboxylic acids is 1. The minimum atomic E-state index is 0.177. The molecule has 1 aliphatic rings. The average molecular weight is 300 g/mol. The number of pyridine rings is 1. The van der Waals surface area contributed by atoms with Crippen LogP contribution in [-0.4, -0.2) is 45.7 Å². The maximum absolute atomic E-state index is 11.1. The second-order valence-electron chi connectivity index (χ2n) is 5.63. The molecule has 0 bridgehead atoms. The Labute approximate surface area is 129 Å². The Morgan fingerprint density at radius 3 is 2.91 bits per heavy atom. The van der Waals surface area contributed by atoms with E-state index in [9.17, 15) is 4.79 Å². The largest absolute Gasteiger partial charge is 0.492 e. The SMILES string of the molecule is CC(=O)N1CC(CCCOc2ccc(-c3ccn[nH]3)nc2)C1. The molecule has 6 heteroatoms. The molecule has 3 heterocycles. The molecule has 0 radical (unpaired) electrons. The van der Waals surface area contributed by atoms with Gasteiger partial charge in [-0.1, -0.05) is 0 Å². The second kappa shape index (κ2) is 6.60. The number of rotatable bonds is 6. The Hall–Kier alpha value is -2.37. The molecule has 0 aromatic carbocycles. The molecule has 6 nitrogen and oxygen atoms in total. The van der Waals surface area contributed by atoms with E-state index in [4.69, 9.17) is 4.74 Å². The molecule has 1 saturated heterocycles. The van der Waals surface area contributed by atoms with Gasteiger partial charge in [-0.3, -0.25) is 14.9 Å². The Kier molecular flexibility index (Phi) is 4.37. The van der Waals surface area contributed by atoms with Crippen LogP contribution in [-0.2, 0) is 4.79 Å². The zero-order valence-electron chi connectivity index (χ0n) is 12.7. The number of likely N-dealkylation sites (tertiary alicyclic amines) is 1. The molecular formula is C16H20N4O2. The van der Waals surface area contributed by atoms with Crippen LogP contribution in [0.2, 0.25) is 0 Å². The zero-order valence-corrected chi connectivity index (χ0v) is 12.7. The third-order valence-electron chi connectivity index (χ3n) is 3.94. The molecule has 0 saturated carbocycles. The molecule has 2 aromatic heterocycles. The first-order valence-corrected chi connectivity index (χ1v) is 7.56. The quantitative estimate of drug-likeness (QED) is 0.829. The van der Waals surface area contributed by atoms with Gasteiger partial charge in [0.2, 0.25) is 5.91 Å². The highest BCUT2D eigenvalue weighted by Gasteiger charge is 2.27. The molecule has 22 heavy (non-hydrogen) atoms. The summed E-state index contributed by atoms with van der Waals surface area (Å²) in [5.41, 5.74) is 1.75. The van der Waals surface area contributed by atoms with Crippen molar-refractivity contribution in [1.82, 2.24) is 20.1 Å². The second-order valence-corrected chi connectivity index (χ2v) is 5.63. The van der Waals surface area contributed by atoms with E-state index in [0.29, 0.717) is 12.5 Å². The third kappa shape index (κ3) is 3.44. The van der Waals surface area contributed by atoms with Crippen LogP contribution in [0.25, 0.3) is 11.4 Å². The van der Waals surface area contributed by atoms with Gasteiger partial charge >= 0.3 is 0 Å². The number of hydrogen-bond acceptors (Lipinski definition) is 4. The van der Waals surface area contributed by atoms with Gasteiger partial charge in [-0.05, 0) is 37.0 Å². The van der Waals surface area contributed by atoms with E-state index in [2.05, 4.69) is 15.2 Å². The average Bonchev–Trinajstić information content (AvgIpc) is 2.99. The van der Waals surface area contributed by atoms with Gasteiger partial charge in [-0.2, -0.15) is 5.10 Å². The Balaban J connectivity index is 1.37. The summed E-state index contributed by atoms with van der Waals surface area (Å²) in [7, 11) is 0. The van der Waals surface area contributed by atoms with Crippen molar-refractivity contribution < 1.29 is 9.53 Å². The van der Waals surface area contributed by atoms with Crippen LogP contribution >= 0.6 is 0 Å². The number of nitrogens with zero attached hydrogens (tertiary/aromatic N) is 3. The van der Waals surface area contributed by atoms with Gasteiger partial charge in [0, 0.05) is 26.2 Å². The summed E-state index contributed by atoms with van der Waals surface area (Å²) in [5, 5.41) is 6.79. The lowest BCUT2D eigenvalue weighted by Gasteiger charge is -2.38. The van der Waals surface area contributed by atoms with E-state index in [1.165, 1.54) is 0 Å². The Morgan fingerprint density at radius 2 is 2.27 bits per heavy atom. The van der Waals surface area contributed by atoms with Gasteiger partial charge in [-0.25, -0.2) is 0 Å². The van der Waals surface area contributed by atoms with Crippen LogP contribution in [0.3, 0.4) is 0 Å². The van der Waals surface area contributed by atoms with Gasteiger partial charge in [0.15, 0.2) is 0 Å². The van der Waals surface area contributed by atoms with E-state index in [1.54, 1.807) is 19.3 Å². The summed E-state index contributed by atoms with van der Waals surface area (Å²) in [4.78, 5) is 17.3. The summed E-state index contributed by atoms with van der Waals surface area (Å²) in [6.07, 6.45) is 5.54. The fourth-order valence-electron chi connectivity index (χ4n) is 2.60. The van der Waals surface area contributed by atoms with Crippen LogP contribution < -0.4 is 4.74 Å². The molecule has 1 N–H and O–H groups in total. The van der Waals surface area contributed by atoms with E-state index < -0.39 is 0 Å². The topological polar surface area (TPSA) is 71.1 Å². The molecule has 0 aliphatic carbocycles.